The minimum atomic E-state index is 0.271. The summed E-state index contributed by atoms with van der Waals surface area (Å²) >= 11 is 0. The highest BCUT2D eigenvalue weighted by molar-refractivity contribution is 6.33. The maximum atomic E-state index is 5.36. The van der Waals surface area contributed by atoms with Crippen LogP contribution in [0.25, 0.3) is 0 Å². The molecule has 0 saturated carbocycles. The molecule has 0 N–H and O–H groups in total. The summed E-state index contributed by atoms with van der Waals surface area (Å²) in [6.45, 7) is 5.03. The van der Waals surface area contributed by atoms with E-state index in [0.717, 1.165) is 19.8 Å². The Kier molecular flexibility index (Phi) is 4.02. The van der Waals surface area contributed by atoms with Gasteiger partial charge in [0.25, 0.3) is 0 Å². The first-order chi connectivity index (χ1) is 4.93. The van der Waals surface area contributed by atoms with Crippen molar-refractivity contribution in [3.63, 3.8) is 0 Å². The normalized spacial score (nSPS) is 24.3. The zero-order valence-electron chi connectivity index (χ0n) is 6.64. The summed E-state index contributed by atoms with van der Waals surface area (Å²) in [5.41, 5.74) is 0. The number of hydrogen-bond acceptors (Lipinski definition) is 2. The first kappa shape index (κ1) is 8.24. The molecule has 2 nitrogen and oxygen atoms in total. The second kappa shape index (κ2) is 4.88. The van der Waals surface area contributed by atoms with Crippen molar-refractivity contribution in [1.29, 1.82) is 0 Å². The van der Waals surface area contributed by atoms with Crippen LogP contribution in [0, 0.1) is 0 Å². The van der Waals surface area contributed by atoms with E-state index in [1.807, 2.05) is 0 Å². The molecular formula is C7H16O2Si. The molecule has 0 aliphatic carbocycles. The van der Waals surface area contributed by atoms with Crippen LogP contribution in [0.5, 0.6) is 0 Å². The lowest BCUT2D eigenvalue weighted by molar-refractivity contribution is 0.117. The Morgan fingerprint density at radius 2 is 2.50 bits per heavy atom. The van der Waals surface area contributed by atoms with Gasteiger partial charge in [0.15, 0.2) is 0 Å². The van der Waals surface area contributed by atoms with E-state index < -0.39 is 0 Å². The molecule has 60 valence electrons. The Morgan fingerprint density at radius 3 is 3.10 bits per heavy atom. The molecule has 1 fully saturated rings. The summed E-state index contributed by atoms with van der Waals surface area (Å²) in [5, 5.41) is 0. The average Bonchev–Trinajstić information content (AvgIpc) is 2.71. The van der Waals surface area contributed by atoms with E-state index >= 15 is 0 Å². The molecular weight excluding hydrogens is 144 g/mol. The van der Waals surface area contributed by atoms with E-state index in [1.54, 1.807) is 0 Å². The number of hydrogen-bond donors (Lipinski definition) is 0. The van der Waals surface area contributed by atoms with Gasteiger partial charge >= 0.3 is 0 Å². The Hall–Kier alpha value is 0.137. The van der Waals surface area contributed by atoms with Crippen LogP contribution in [-0.2, 0) is 9.47 Å². The smallest absolute Gasteiger partial charge is 0.104 e. The van der Waals surface area contributed by atoms with Crippen LogP contribution in [0.1, 0.15) is 6.42 Å². The van der Waals surface area contributed by atoms with Crippen LogP contribution in [0.4, 0.5) is 0 Å². The van der Waals surface area contributed by atoms with Crippen molar-refractivity contribution in [3.05, 3.63) is 0 Å². The molecule has 10 heavy (non-hydrogen) atoms. The minimum absolute atomic E-state index is 0.271. The maximum absolute atomic E-state index is 5.36. The van der Waals surface area contributed by atoms with Gasteiger partial charge in [0.1, 0.15) is 6.10 Å². The van der Waals surface area contributed by atoms with E-state index in [9.17, 15) is 0 Å². The van der Waals surface area contributed by atoms with Crippen LogP contribution in [0.3, 0.4) is 0 Å². The third-order valence-corrected chi connectivity index (χ3v) is 2.81. The van der Waals surface area contributed by atoms with Gasteiger partial charge in [0.2, 0.25) is 0 Å². The molecule has 1 aliphatic rings. The monoisotopic (exact) mass is 160 g/mol. The topological polar surface area (TPSA) is 21.8 Å². The highest BCUT2D eigenvalue weighted by atomic mass is 28.2. The quantitative estimate of drug-likeness (QED) is 0.319. The van der Waals surface area contributed by atoms with Crippen LogP contribution in [-0.4, -0.2) is 35.4 Å². The van der Waals surface area contributed by atoms with Gasteiger partial charge in [0.05, 0.1) is 13.2 Å². The highest BCUT2D eigenvalue weighted by Gasteiger charge is 2.21. The van der Waals surface area contributed by atoms with Crippen molar-refractivity contribution in [1.82, 2.24) is 0 Å². The molecule has 3 heteroatoms. The molecule has 0 aromatic carbocycles. The van der Waals surface area contributed by atoms with Crippen LogP contribution < -0.4 is 0 Å². The third-order valence-electron chi connectivity index (χ3n) is 1.60. The van der Waals surface area contributed by atoms with Crippen molar-refractivity contribution in [2.45, 2.75) is 25.1 Å². The van der Waals surface area contributed by atoms with Gasteiger partial charge in [-0.05, 0) is 6.42 Å². The summed E-state index contributed by atoms with van der Waals surface area (Å²) < 4.78 is 10.4. The molecule has 0 amide bonds. The molecule has 1 aliphatic heterocycles. The molecule has 0 bridgehead atoms. The largest absolute Gasteiger partial charge is 0.379 e. The van der Waals surface area contributed by atoms with Crippen LogP contribution >= 0.6 is 0 Å². The summed E-state index contributed by atoms with van der Waals surface area (Å²) in [6, 6.07) is 1.42. The van der Waals surface area contributed by atoms with Gasteiger partial charge in [-0.1, -0.05) is 12.6 Å². The fourth-order valence-corrected chi connectivity index (χ4v) is 1.54. The molecule has 0 spiro atoms. The first-order valence-electron chi connectivity index (χ1n) is 4.13. The van der Waals surface area contributed by atoms with Gasteiger partial charge in [-0.3, -0.25) is 0 Å². The summed E-state index contributed by atoms with van der Waals surface area (Å²) in [4.78, 5) is 0. The van der Waals surface area contributed by atoms with E-state index in [0.29, 0.717) is 6.10 Å². The van der Waals surface area contributed by atoms with Crippen molar-refractivity contribution < 1.29 is 9.47 Å². The molecule has 1 atom stereocenters. The predicted octanol–water partition coefficient (Wildman–Crippen LogP) is 0.427. The fourth-order valence-electron chi connectivity index (χ4n) is 0.833. The second-order valence-corrected chi connectivity index (χ2v) is 4.44. The molecule has 1 unspecified atom stereocenters. The second-order valence-electron chi connectivity index (χ2n) is 2.74. The first-order valence-corrected chi connectivity index (χ1v) is 6.54. The zero-order chi connectivity index (χ0) is 7.23. The van der Waals surface area contributed by atoms with Crippen LogP contribution in [0.2, 0.25) is 12.6 Å². The lowest BCUT2D eigenvalue weighted by Gasteiger charge is -1.99. The van der Waals surface area contributed by atoms with Gasteiger partial charge in [0, 0.05) is 16.1 Å². The van der Waals surface area contributed by atoms with E-state index in [-0.39, 0.29) is 9.52 Å². The summed E-state index contributed by atoms with van der Waals surface area (Å²) in [7, 11) is 0.271. The number of rotatable bonds is 6. The van der Waals surface area contributed by atoms with Crippen molar-refractivity contribution >= 4 is 9.52 Å². The van der Waals surface area contributed by atoms with Gasteiger partial charge < -0.3 is 9.47 Å². The van der Waals surface area contributed by atoms with Gasteiger partial charge in [-0.25, -0.2) is 0 Å². The van der Waals surface area contributed by atoms with Crippen molar-refractivity contribution in [3.8, 4) is 0 Å². The summed E-state index contributed by atoms with van der Waals surface area (Å²) in [6.07, 6.45) is 1.70. The van der Waals surface area contributed by atoms with E-state index in [4.69, 9.17) is 9.47 Å². The summed E-state index contributed by atoms with van der Waals surface area (Å²) in [5.74, 6) is 0. The maximum Gasteiger partial charge on any atom is 0.104 e. The third kappa shape index (κ3) is 4.03. The van der Waals surface area contributed by atoms with E-state index in [1.165, 1.54) is 12.5 Å². The number of epoxide rings is 1. The standard InChI is InChI=1S/C7H16O2Si/c1-10-4-2-3-8-5-7-6-9-7/h7H,2-6,10H2,1H3. The van der Waals surface area contributed by atoms with Crippen molar-refractivity contribution in [2.24, 2.45) is 0 Å². The Labute approximate surface area is 64.7 Å². The van der Waals surface area contributed by atoms with E-state index in [2.05, 4.69) is 6.55 Å². The average molecular weight is 160 g/mol. The predicted molar refractivity (Wildman–Crippen MR) is 44.4 cm³/mol. The molecule has 1 rings (SSSR count). The lowest BCUT2D eigenvalue weighted by Crippen LogP contribution is -2.02. The lowest BCUT2D eigenvalue weighted by atomic mass is 10.5. The Morgan fingerprint density at radius 1 is 1.70 bits per heavy atom. The minimum Gasteiger partial charge on any atom is -0.379 e. The van der Waals surface area contributed by atoms with Crippen LogP contribution in [0.15, 0.2) is 0 Å². The molecule has 0 aromatic rings. The molecule has 1 heterocycles. The van der Waals surface area contributed by atoms with Gasteiger partial charge in [-0.2, -0.15) is 0 Å². The van der Waals surface area contributed by atoms with Gasteiger partial charge in [-0.15, -0.1) is 0 Å². The molecule has 1 saturated heterocycles. The molecule has 0 aromatic heterocycles. The Bertz CT molecular complexity index is 83.7. The Balaban J connectivity index is 1.68. The molecule has 0 radical (unpaired) electrons. The fraction of sp³-hybridized carbons (Fsp3) is 1.00. The SMILES string of the molecule is C[SiH2]CCCOCC1CO1. The highest BCUT2D eigenvalue weighted by Crippen LogP contribution is 2.08. The zero-order valence-corrected chi connectivity index (χ0v) is 8.05. The van der Waals surface area contributed by atoms with Crippen molar-refractivity contribution in [2.75, 3.05) is 19.8 Å². The number of ether oxygens (including phenoxy) is 2.